The van der Waals surface area contributed by atoms with Gasteiger partial charge in [0, 0.05) is 6.61 Å². The lowest BCUT2D eigenvalue weighted by atomic mass is 10.2. The van der Waals surface area contributed by atoms with Gasteiger partial charge in [-0.05, 0) is 18.3 Å². The van der Waals surface area contributed by atoms with Gasteiger partial charge in [0.25, 0.3) is 0 Å². The summed E-state index contributed by atoms with van der Waals surface area (Å²) >= 11 is 0. The highest BCUT2D eigenvalue weighted by Gasteiger charge is 2.42. The molecule has 0 saturated heterocycles. The Labute approximate surface area is 115 Å². The topological polar surface area (TPSA) is 119 Å². The summed E-state index contributed by atoms with van der Waals surface area (Å²) in [4.78, 5) is 12.1. The smallest absolute Gasteiger partial charge is 0.167 e. The molecule has 1 aliphatic rings. The summed E-state index contributed by atoms with van der Waals surface area (Å²) in [6.45, 7) is 0.306. The Bertz CT molecular complexity index is 602. The minimum Gasteiger partial charge on any atom is -0.396 e. The highest BCUT2D eigenvalue weighted by molar-refractivity contribution is 5.80. The number of nitrogens with zero attached hydrogens (tertiary/aromatic N) is 4. The van der Waals surface area contributed by atoms with Crippen molar-refractivity contribution < 1.29 is 14.9 Å². The number of ether oxygens (including phenoxy) is 1. The van der Waals surface area contributed by atoms with Gasteiger partial charge in [0.15, 0.2) is 11.5 Å². The third-order valence-electron chi connectivity index (χ3n) is 3.73. The van der Waals surface area contributed by atoms with Crippen molar-refractivity contribution in [2.75, 3.05) is 18.9 Å². The van der Waals surface area contributed by atoms with Crippen molar-refractivity contribution in [1.29, 1.82) is 0 Å². The third kappa shape index (κ3) is 2.33. The molecule has 3 atom stereocenters. The van der Waals surface area contributed by atoms with E-state index in [-0.39, 0.29) is 37.9 Å². The zero-order chi connectivity index (χ0) is 14.1. The maximum Gasteiger partial charge on any atom is 0.167 e. The van der Waals surface area contributed by atoms with Crippen LogP contribution in [0.5, 0.6) is 0 Å². The SMILES string of the molecule is Nc1ncnc2c1ncn2COC(CO)[C@H]1C[C@@H]1CO. The van der Waals surface area contributed by atoms with Gasteiger partial charge >= 0.3 is 0 Å². The van der Waals surface area contributed by atoms with E-state index in [4.69, 9.17) is 15.6 Å². The molecular formula is C12H17N5O3. The molecule has 0 aliphatic heterocycles. The standard InChI is InChI=1S/C12H17N5O3/c13-11-10-12(15-4-14-11)17(5-16-10)6-20-9(3-19)8-1-7(8)2-18/h4-5,7-9,18-19H,1-3,6H2,(H2,13,14,15)/t7-,8+,9?/m1/s1. The second-order valence-electron chi connectivity index (χ2n) is 5.00. The van der Waals surface area contributed by atoms with E-state index in [9.17, 15) is 5.11 Å². The molecule has 2 aromatic rings. The zero-order valence-electron chi connectivity index (χ0n) is 10.9. The number of imidazole rings is 1. The molecule has 0 amide bonds. The normalized spacial score (nSPS) is 23.1. The van der Waals surface area contributed by atoms with Crippen LogP contribution in [0.4, 0.5) is 5.82 Å². The highest BCUT2D eigenvalue weighted by Crippen LogP contribution is 2.41. The Balaban J connectivity index is 1.69. The van der Waals surface area contributed by atoms with Gasteiger partial charge in [-0.3, -0.25) is 4.57 Å². The van der Waals surface area contributed by atoms with E-state index in [0.717, 1.165) is 6.42 Å². The Hall–Kier alpha value is -1.77. The van der Waals surface area contributed by atoms with Gasteiger partial charge in [-0.1, -0.05) is 0 Å². The molecule has 20 heavy (non-hydrogen) atoms. The number of aromatic nitrogens is 4. The molecule has 8 heteroatoms. The van der Waals surface area contributed by atoms with Crippen LogP contribution in [0.25, 0.3) is 11.2 Å². The first-order valence-corrected chi connectivity index (χ1v) is 6.49. The van der Waals surface area contributed by atoms with Crippen LogP contribution < -0.4 is 5.73 Å². The number of nitrogens with two attached hydrogens (primary N) is 1. The summed E-state index contributed by atoms with van der Waals surface area (Å²) in [7, 11) is 0. The van der Waals surface area contributed by atoms with Crippen LogP contribution in [0.15, 0.2) is 12.7 Å². The number of hydrogen-bond acceptors (Lipinski definition) is 7. The first kappa shape index (κ1) is 13.2. The number of aliphatic hydroxyl groups excluding tert-OH is 2. The van der Waals surface area contributed by atoms with E-state index >= 15 is 0 Å². The summed E-state index contributed by atoms with van der Waals surface area (Å²) in [5, 5.41) is 18.4. The second-order valence-corrected chi connectivity index (χ2v) is 5.00. The van der Waals surface area contributed by atoms with Crippen LogP contribution in [0.2, 0.25) is 0 Å². The van der Waals surface area contributed by atoms with Crippen LogP contribution in [0, 0.1) is 11.8 Å². The molecule has 0 radical (unpaired) electrons. The van der Waals surface area contributed by atoms with Crippen molar-refractivity contribution in [3.8, 4) is 0 Å². The average molecular weight is 279 g/mol. The molecule has 8 nitrogen and oxygen atoms in total. The summed E-state index contributed by atoms with van der Waals surface area (Å²) in [5.74, 6) is 0.791. The van der Waals surface area contributed by atoms with Crippen LogP contribution in [0.1, 0.15) is 6.42 Å². The van der Waals surface area contributed by atoms with Crippen molar-refractivity contribution in [3.05, 3.63) is 12.7 Å². The molecule has 1 fully saturated rings. The Morgan fingerprint density at radius 3 is 2.95 bits per heavy atom. The van der Waals surface area contributed by atoms with E-state index in [0.29, 0.717) is 17.0 Å². The van der Waals surface area contributed by atoms with Crippen LogP contribution in [-0.4, -0.2) is 49.0 Å². The van der Waals surface area contributed by atoms with Crippen molar-refractivity contribution in [2.24, 2.45) is 11.8 Å². The second kappa shape index (κ2) is 5.31. The predicted molar refractivity (Wildman–Crippen MR) is 70.4 cm³/mol. The lowest BCUT2D eigenvalue weighted by molar-refractivity contribution is -0.0381. The van der Waals surface area contributed by atoms with Crippen LogP contribution in [0.3, 0.4) is 0 Å². The summed E-state index contributed by atoms with van der Waals surface area (Å²) in [5.41, 5.74) is 6.85. The van der Waals surface area contributed by atoms with Crippen molar-refractivity contribution in [3.63, 3.8) is 0 Å². The van der Waals surface area contributed by atoms with Gasteiger partial charge < -0.3 is 20.7 Å². The van der Waals surface area contributed by atoms with Gasteiger partial charge in [-0.25, -0.2) is 15.0 Å². The quantitative estimate of drug-likeness (QED) is 0.644. The minimum absolute atomic E-state index is 0.0646. The van der Waals surface area contributed by atoms with E-state index in [1.807, 2.05) is 0 Å². The Morgan fingerprint density at radius 1 is 1.40 bits per heavy atom. The maximum absolute atomic E-state index is 9.36. The molecule has 3 rings (SSSR count). The van der Waals surface area contributed by atoms with Gasteiger partial charge in [0.05, 0.1) is 19.0 Å². The largest absolute Gasteiger partial charge is 0.396 e. The monoisotopic (exact) mass is 279 g/mol. The molecule has 2 aromatic heterocycles. The lowest BCUT2D eigenvalue weighted by Crippen LogP contribution is -2.23. The molecule has 0 spiro atoms. The van der Waals surface area contributed by atoms with Gasteiger partial charge in [0.1, 0.15) is 18.6 Å². The fourth-order valence-electron chi connectivity index (χ4n) is 2.42. The van der Waals surface area contributed by atoms with E-state index in [2.05, 4.69) is 15.0 Å². The number of nitrogen functional groups attached to an aromatic ring is 1. The van der Waals surface area contributed by atoms with Crippen molar-refractivity contribution in [1.82, 2.24) is 19.5 Å². The first-order valence-electron chi connectivity index (χ1n) is 6.49. The highest BCUT2D eigenvalue weighted by atomic mass is 16.5. The number of anilines is 1. The third-order valence-corrected chi connectivity index (χ3v) is 3.73. The molecule has 1 aliphatic carbocycles. The fraction of sp³-hybridized carbons (Fsp3) is 0.583. The summed E-state index contributed by atoms with van der Waals surface area (Å²) in [6.07, 6.45) is 3.58. The summed E-state index contributed by atoms with van der Waals surface area (Å²) in [6, 6.07) is 0. The van der Waals surface area contributed by atoms with Crippen LogP contribution >= 0.6 is 0 Å². The molecule has 1 saturated carbocycles. The Morgan fingerprint density at radius 2 is 2.25 bits per heavy atom. The molecule has 1 unspecified atom stereocenters. The number of hydrogen-bond donors (Lipinski definition) is 3. The molecule has 4 N–H and O–H groups in total. The minimum atomic E-state index is -0.274. The maximum atomic E-state index is 9.36. The van der Waals surface area contributed by atoms with Gasteiger partial charge in [-0.15, -0.1) is 0 Å². The zero-order valence-corrected chi connectivity index (χ0v) is 10.9. The molecule has 2 heterocycles. The fourth-order valence-corrected chi connectivity index (χ4v) is 2.42. The van der Waals surface area contributed by atoms with Gasteiger partial charge in [0.2, 0.25) is 0 Å². The molecule has 0 bridgehead atoms. The molecule has 0 aromatic carbocycles. The van der Waals surface area contributed by atoms with Gasteiger partial charge in [-0.2, -0.15) is 0 Å². The Kier molecular flexibility index (Phi) is 3.51. The molecular weight excluding hydrogens is 262 g/mol. The first-order chi connectivity index (χ1) is 9.74. The predicted octanol–water partition coefficient (Wildman–Crippen LogP) is -0.628. The van der Waals surface area contributed by atoms with E-state index in [1.54, 1.807) is 10.9 Å². The number of aliphatic hydroxyl groups is 2. The lowest BCUT2D eigenvalue weighted by Gasteiger charge is -2.15. The average Bonchev–Trinajstić information content (AvgIpc) is 3.12. The molecule has 108 valence electrons. The van der Waals surface area contributed by atoms with Crippen molar-refractivity contribution >= 4 is 17.0 Å². The van der Waals surface area contributed by atoms with Crippen LogP contribution in [-0.2, 0) is 11.5 Å². The van der Waals surface area contributed by atoms with Crippen molar-refractivity contribution in [2.45, 2.75) is 19.3 Å². The number of rotatable bonds is 6. The van der Waals surface area contributed by atoms with E-state index < -0.39 is 0 Å². The summed E-state index contributed by atoms with van der Waals surface area (Å²) < 4.78 is 7.41. The van der Waals surface area contributed by atoms with E-state index in [1.165, 1.54) is 6.33 Å². The number of fused-ring (bicyclic) bond motifs is 1.